The van der Waals surface area contributed by atoms with Crippen LogP contribution in [0.2, 0.25) is 0 Å². The van der Waals surface area contributed by atoms with Gasteiger partial charge in [-0.25, -0.2) is 0 Å². The van der Waals surface area contributed by atoms with Gasteiger partial charge in [-0.05, 0) is 43.9 Å². The van der Waals surface area contributed by atoms with Crippen molar-refractivity contribution in [2.24, 2.45) is 5.92 Å². The van der Waals surface area contributed by atoms with Crippen LogP contribution in [0.1, 0.15) is 37.7 Å². The molecule has 1 aliphatic carbocycles. The Morgan fingerprint density at radius 1 is 1.31 bits per heavy atom. The zero-order valence-electron chi connectivity index (χ0n) is 14.0. The van der Waals surface area contributed by atoms with E-state index in [2.05, 4.69) is 11.4 Å². The molecule has 1 aliphatic heterocycles. The fourth-order valence-electron chi connectivity index (χ4n) is 3.56. The van der Waals surface area contributed by atoms with Gasteiger partial charge < -0.3 is 10.2 Å². The molecule has 0 unspecified atom stereocenters. The lowest BCUT2D eigenvalue weighted by atomic mass is 9.97. The van der Waals surface area contributed by atoms with E-state index in [1.165, 1.54) is 17.0 Å². The van der Waals surface area contributed by atoms with E-state index in [1.54, 1.807) is 0 Å². The van der Waals surface area contributed by atoms with Crippen molar-refractivity contribution in [1.82, 2.24) is 5.32 Å². The number of hydrogen-bond donors (Lipinski definition) is 1. The lowest BCUT2D eigenvalue weighted by Crippen LogP contribution is -2.48. The van der Waals surface area contributed by atoms with Gasteiger partial charge in [-0.2, -0.15) is 18.4 Å². The molecule has 0 radical (unpaired) electrons. The average molecular weight is 365 g/mol. The van der Waals surface area contributed by atoms with Crippen LogP contribution in [0.25, 0.3) is 0 Å². The molecular weight excluding hydrogens is 347 g/mol. The van der Waals surface area contributed by atoms with E-state index in [0.717, 1.165) is 25.0 Å². The molecule has 5 nitrogen and oxygen atoms in total. The first kappa shape index (κ1) is 18.2. The fraction of sp³-hybridized carbons (Fsp3) is 0.500. The van der Waals surface area contributed by atoms with Crippen LogP contribution >= 0.6 is 0 Å². The van der Waals surface area contributed by atoms with E-state index in [1.807, 2.05) is 0 Å². The molecule has 1 atom stereocenters. The molecular formula is C18H18F3N3O2. The van der Waals surface area contributed by atoms with E-state index in [0.29, 0.717) is 12.8 Å². The Kier molecular flexibility index (Phi) is 4.65. The summed E-state index contributed by atoms with van der Waals surface area (Å²) in [7, 11) is 0. The monoisotopic (exact) mass is 365 g/mol. The number of amides is 2. The van der Waals surface area contributed by atoms with Gasteiger partial charge in [-0.1, -0.05) is 6.07 Å². The molecule has 1 heterocycles. The van der Waals surface area contributed by atoms with Crippen molar-refractivity contribution in [1.29, 1.82) is 5.26 Å². The Labute approximate surface area is 148 Å². The maximum atomic E-state index is 12.9. The van der Waals surface area contributed by atoms with Crippen molar-refractivity contribution in [2.45, 2.75) is 43.8 Å². The fourth-order valence-corrected chi connectivity index (χ4v) is 3.56. The van der Waals surface area contributed by atoms with Gasteiger partial charge >= 0.3 is 6.18 Å². The quantitative estimate of drug-likeness (QED) is 0.895. The Bertz CT molecular complexity index is 764. The van der Waals surface area contributed by atoms with Crippen LogP contribution in [0.15, 0.2) is 24.3 Å². The molecule has 1 aromatic rings. The number of nitrogens with zero attached hydrogens (tertiary/aromatic N) is 2. The second-order valence-electron chi connectivity index (χ2n) is 6.84. The molecule has 0 spiro atoms. The van der Waals surface area contributed by atoms with E-state index in [4.69, 9.17) is 0 Å². The summed E-state index contributed by atoms with van der Waals surface area (Å²) in [5, 5.41) is 12.1. The molecule has 0 bridgehead atoms. The molecule has 3 rings (SSSR count). The minimum absolute atomic E-state index is 0.00743. The van der Waals surface area contributed by atoms with Gasteiger partial charge in [0.25, 0.3) is 0 Å². The minimum atomic E-state index is -4.50. The predicted octanol–water partition coefficient (Wildman–Crippen LogP) is 3.01. The molecule has 26 heavy (non-hydrogen) atoms. The van der Waals surface area contributed by atoms with Crippen LogP contribution in [-0.4, -0.2) is 23.9 Å². The van der Waals surface area contributed by atoms with Crippen molar-refractivity contribution >= 4 is 17.5 Å². The lowest BCUT2D eigenvalue weighted by molar-refractivity contribution is -0.137. The summed E-state index contributed by atoms with van der Waals surface area (Å²) in [6.45, 7) is 0.00743. The van der Waals surface area contributed by atoms with Gasteiger partial charge in [-0.15, -0.1) is 0 Å². The molecule has 1 aromatic carbocycles. The van der Waals surface area contributed by atoms with E-state index in [9.17, 15) is 28.0 Å². The number of carbonyl (C=O) groups is 2. The number of hydrogen-bond acceptors (Lipinski definition) is 3. The summed E-state index contributed by atoms with van der Waals surface area (Å²) in [4.78, 5) is 25.9. The summed E-state index contributed by atoms with van der Waals surface area (Å²) in [5.74, 6) is -1.47. The maximum Gasteiger partial charge on any atom is 0.416 e. The molecule has 8 heteroatoms. The Morgan fingerprint density at radius 2 is 2.00 bits per heavy atom. The molecule has 2 aliphatic rings. The highest BCUT2D eigenvalue weighted by atomic mass is 19.4. The standard InChI is InChI=1S/C18H18F3N3O2/c19-18(20,21)13-4-3-5-14(9-13)24-10-12(8-15(24)25)16(26)23-17(11-22)6-1-2-7-17/h3-5,9,12H,1-2,6-8,10H2,(H,23,26)/t12-/m1/s1. The highest BCUT2D eigenvalue weighted by Gasteiger charge is 2.41. The van der Waals surface area contributed by atoms with Crippen molar-refractivity contribution in [3.63, 3.8) is 0 Å². The van der Waals surface area contributed by atoms with Crippen molar-refractivity contribution < 1.29 is 22.8 Å². The zero-order chi connectivity index (χ0) is 18.9. The largest absolute Gasteiger partial charge is 0.416 e. The molecule has 1 saturated carbocycles. The number of carbonyl (C=O) groups excluding carboxylic acids is 2. The predicted molar refractivity (Wildman–Crippen MR) is 86.9 cm³/mol. The van der Waals surface area contributed by atoms with Gasteiger partial charge in [0.05, 0.1) is 17.6 Å². The Hall–Kier alpha value is -2.56. The van der Waals surface area contributed by atoms with Crippen molar-refractivity contribution in [2.75, 3.05) is 11.4 Å². The summed E-state index contributed by atoms with van der Waals surface area (Å²) in [5.41, 5.74) is -1.61. The molecule has 0 aromatic heterocycles. The number of anilines is 1. The van der Waals surface area contributed by atoms with Crippen molar-refractivity contribution in [3.05, 3.63) is 29.8 Å². The number of nitriles is 1. The lowest BCUT2D eigenvalue weighted by Gasteiger charge is -2.24. The Balaban J connectivity index is 1.73. The highest BCUT2D eigenvalue weighted by molar-refractivity contribution is 6.00. The Morgan fingerprint density at radius 3 is 2.62 bits per heavy atom. The maximum absolute atomic E-state index is 12.9. The van der Waals surface area contributed by atoms with Gasteiger partial charge in [0.15, 0.2) is 0 Å². The third-order valence-corrected chi connectivity index (χ3v) is 5.01. The third kappa shape index (κ3) is 3.52. The van der Waals surface area contributed by atoms with Crippen LogP contribution in [0.4, 0.5) is 18.9 Å². The second-order valence-corrected chi connectivity index (χ2v) is 6.84. The smallest absolute Gasteiger partial charge is 0.338 e. The number of benzene rings is 1. The number of halogens is 3. The average Bonchev–Trinajstić information content (AvgIpc) is 3.21. The second kappa shape index (κ2) is 6.63. The van der Waals surface area contributed by atoms with Gasteiger partial charge in [0.2, 0.25) is 11.8 Å². The van der Waals surface area contributed by atoms with Crippen LogP contribution in [0, 0.1) is 17.2 Å². The first-order valence-electron chi connectivity index (χ1n) is 8.45. The van der Waals surface area contributed by atoms with Crippen LogP contribution < -0.4 is 10.2 Å². The van der Waals surface area contributed by atoms with Gasteiger partial charge in [0.1, 0.15) is 5.54 Å². The van der Waals surface area contributed by atoms with Crippen molar-refractivity contribution in [3.8, 4) is 6.07 Å². The molecule has 2 fully saturated rings. The third-order valence-electron chi connectivity index (χ3n) is 5.01. The highest BCUT2D eigenvalue weighted by Crippen LogP contribution is 2.34. The molecule has 2 amide bonds. The molecule has 1 saturated heterocycles. The molecule has 1 N–H and O–H groups in total. The zero-order valence-corrected chi connectivity index (χ0v) is 14.0. The normalized spacial score (nSPS) is 22.3. The van der Waals surface area contributed by atoms with Gasteiger partial charge in [-0.3, -0.25) is 9.59 Å². The molecule has 138 valence electrons. The first-order valence-corrected chi connectivity index (χ1v) is 8.45. The van der Waals surface area contributed by atoms with Crippen LogP contribution in [-0.2, 0) is 15.8 Å². The summed E-state index contributed by atoms with van der Waals surface area (Å²) >= 11 is 0. The topological polar surface area (TPSA) is 73.2 Å². The number of nitrogens with one attached hydrogen (secondary N) is 1. The van der Waals surface area contributed by atoms with E-state index >= 15 is 0 Å². The first-order chi connectivity index (χ1) is 12.2. The minimum Gasteiger partial charge on any atom is -0.338 e. The van der Waals surface area contributed by atoms with Crippen LogP contribution in [0.3, 0.4) is 0 Å². The van der Waals surface area contributed by atoms with Gasteiger partial charge in [0, 0.05) is 18.7 Å². The van der Waals surface area contributed by atoms with E-state index < -0.39 is 35.0 Å². The summed E-state index contributed by atoms with van der Waals surface area (Å²) in [6, 6.07) is 6.65. The number of rotatable bonds is 3. The summed E-state index contributed by atoms with van der Waals surface area (Å²) < 4.78 is 38.6. The SMILES string of the molecule is N#CC1(NC(=O)[C@@H]2CC(=O)N(c3cccc(C(F)(F)F)c3)C2)CCCC1. The summed E-state index contributed by atoms with van der Waals surface area (Å²) in [6.07, 6.45) is -1.72. The number of alkyl halides is 3. The van der Waals surface area contributed by atoms with Crippen LogP contribution in [0.5, 0.6) is 0 Å². The van der Waals surface area contributed by atoms with E-state index in [-0.39, 0.29) is 18.7 Å².